The molecular weight excluding hydrogens is 205 g/mol. The first kappa shape index (κ1) is 10.8. The third-order valence-electron chi connectivity index (χ3n) is 2.45. The Morgan fingerprint density at radius 3 is 2.88 bits per heavy atom. The number of aryl methyl sites for hydroxylation is 1. The molecule has 2 rings (SSSR count). The summed E-state index contributed by atoms with van der Waals surface area (Å²) in [6, 6.07) is 4.98. The first-order valence-corrected chi connectivity index (χ1v) is 5.21. The van der Waals surface area contributed by atoms with E-state index >= 15 is 0 Å². The highest BCUT2D eigenvalue weighted by Gasteiger charge is 2.09. The van der Waals surface area contributed by atoms with Gasteiger partial charge in [0.15, 0.2) is 0 Å². The minimum Gasteiger partial charge on any atom is -0.330 e. The highest BCUT2D eigenvalue weighted by atomic mass is 19.1. The molecule has 2 aromatic rings. The molecule has 0 radical (unpaired) electrons. The van der Waals surface area contributed by atoms with E-state index in [1.807, 2.05) is 19.2 Å². The SMILES string of the molecule is Cc1cnn(-c2cccc(F)c2CCN)c1. The monoisotopic (exact) mass is 219 g/mol. The van der Waals surface area contributed by atoms with Crippen LogP contribution in [-0.2, 0) is 6.42 Å². The lowest BCUT2D eigenvalue weighted by molar-refractivity contribution is 0.605. The Balaban J connectivity index is 2.51. The summed E-state index contributed by atoms with van der Waals surface area (Å²) in [5.74, 6) is -0.226. The summed E-state index contributed by atoms with van der Waals surface area (Å²) in [6.07, 6.45) is 4.13. The fourth-order valence-corrected chi connectivity index (χ4v) is 1.70. The molecule has 2 N–H and O–H groups in total. The molecule has 0 saturated heterocycles. The maximum Gasteiger partial charge on any atom is 0.128 e. The van der Waals surface area contributed by atoms with Gasteiger partial charge in [0.25, 0.3) is 0 Å². The quantitative estimate of drug-likeness (QED) is 0.855. The molecule has 1 aromatic heterocycles. The highest BCUT2D eigenvalue weighted by Crippen LogP contribution is 2.18. The molecule has 3 nitrogen and oxygen atoms in total. The van der Waals surface area contributed by atoms with E-state index in [0.29, 0.717) is 18.5 Å². The third kappa shape index (κ3) is 1.97. The van der Waals surface area contributed by atoms with Crippen molar-refractivity contribution < 1.29 is 4.39 Å². The van der Waals surface area contributed by atoms with Crippen molar-refractivity contribution in [3.63, 3.8) is 0 Å². The van der Waals surface area contributed by atoms with Gasteiger partial charge in [-0.05, 0) is 37.6 Å². The van der Waals surface area contributed by atoms with E-state index in [0.717, 1.165) is 11.3 Å². The summed E-state index contributed by atoms with van der Waals surface area (Å²) in [7, 11) is 0. The fraction of sp³-hybridized carbons (Fsp3) is 0.250. The molecular formula is C12H14FN3. The Labute approximate surface area is 93.7 Å². The van der Waals surface area contributed by atoms with E-state index in [-0.39, 0.29) is 5.82 Å². The summed E-state index contributed by atoms with van der Waals surface area (Å²) in [5.41, 5.74) is 7.91. The van der Waals surface area contributed by atoms with Gasteiger partial charge in [-0.15, -0.1) is 0 Å². The van der Waals surface area contributed by atoms with Gasteiger partial charge in [0, 0.05) is 11.8 Å². The number of hydrogen-bond donors (Lipinski definition) is 1. The molecule has 16 heavy (non-hydrogen) atoms. The van der Waals surface area contributed by atoms with Crippen LogP contribution in [0.15, 0.2) is 30.6 Å². The van der Waals surface area contributed by atoms with Crippen molar-refractivity contribution >= 4 is 0 Å². The zero-order valence-electron chi connectivity index (χ0n) is 9.15. The number of nitrogens with two attached hydrogens (primary N) is 1. The predicted octanol–water partition coefficient (Wildman–Crippen LogP) is 1.82. The second-order valence-corrected chi connectivity index (χ2v) is 3.74. The van der Waals surface area contributed by atoms with Crippen LogP contribution in [0.2, 0.25) is 0 Å². The number of aromatic nitrogens is 2. The van der Waals surface area contributed by atoms with Crippen molar-refractivity contribution in [3.05, 3.63) is 47.5 Å². The summed E-state index contributed by atoms with van der Waals surface area (Å²) in [5, 5.41) is 4.18. The molecule has 0 amide bonds. The molecule has 0 spiro atoms. The second kappa shape index (κ2) is 4.45. The number of halogens is 1. The topological polar surface area (TPSA) is 43.8 Å². The minimum atomic E-state index is -0.226. The van der Waals surface area contributed by atoms with Crippen molar-refractivity contribution in [1.82, 2.24) is 9.78 Å². The number of hydrogen-bond acceptors (Lipinski definition) is 2. The normalized spacial score (nSPS) is 10.7. The second-order valence-electron chi connectivity index (χ2n) is 3.74. The van der Waals surface area contributed by atoms with Crippen LogP contribution in [0.3, 0.4) is 0 Å². The maximum atomic E-state index is 13.6. The first-order valence-electron chi connectivity index (χ1n) is 5.21. The van der Waals surface area contributed by atoms with Gasteiger partial charge in [-0.3, -0.25) is 0 Å². The average molecular weight is 219 g/mol. The van der Waals surface area contributed by atoms with Gasteiger partial charge in [0.1, 0.15) is 5.82 Å². The average Bonchev–Trinajstić information content (AvgIpc) is 2.68. The van der Waals surface area contributed by atoms with E-state index in [9.17, 15) is 4.39 Å². The van der Waals surface area contributed by atoms with E-state index in [2.05, 4.69) is 5.10 Å². The van der Waals surface area contributed by atoms with Crippen molar-refractivity contribution in [2.24, 2.45) is 5.73 Å². The summed E-state index contributed by atoms with van der Waals surface area (Å²) >= 11 is 0. The fourth-order valence-electron chi connectivity index (χ4n) is 1.70. The number of rotatable bonds is 3. The van der Waals surface area contributed by atoms with Crippen molar-refractivity contribution in [3.8, 4) is 5.69 Å². The molecule has 1 heterocycles. The van der Waals surface area contributed by atoms with Gasteiger partial charge in [-0.1, -0.05) is 6.07 Å². The lowest BCUT2D eigenvalue weighted by atomic mass is 10.1. The first-order chi connectivity index (χ1) is 7.72. The van der Waals surface area contributed by atoms with Gasteiger partial charge in [0.05, 0.1) is 11.9 Å². The van der Waals surface area contributed by atoms with Crippen LogP contribution >= 0.6 is 0 Å². The Bertz CT molecular complexity index is 491. The van der Waals surface area contributed by atoms with E-state index in [1.165, 1.54) is 6.07 Å². The van der Waals surface area contributed by atoms with Gasteiger partial charge < -0.3 is 5.73 Å². The van der Waals surface area contributed by atoms with Gasteiger partial charge in [-0.25, -0.2) is 9.07 Å². The number of nitrogens with zero attached hydrogens (tertiary/aromatic N) is 2. The molecule has 1 aromatic carbocycles. The van der Waals surface area contributed by atoms with Crippen LogP contribution in [-0.4, -0.2) is 16.3 Å². The minimum absolute atomic E-state index is 0.226. The molecule has 0 bridgehead atoms. The number of benzene rings is 1. The zero-order chi connectivity index (χ0) is 11.5. The van der Waals surface area contributed by atoms with Crippen molar-refractivity contribution in [2.75, 3.05) is 6.54 Å². The van der Waals surface area contributed by atoms with Gasteiger partial charge in [0.2, 0.25) is 0 Å². The van der Waals surface area contributed by atoms with Gasteiger partial charge in [-0.2, -0.15) is 5.10 Å². The zero-order valence-corrected chi connectivity index (χ0v) is 9.15. The van der Waals surface area contributed by atoms with Gasteiger partial charge >= 0.3 is 0 Å². The van der Waals surface area contributed by atoms with E-state index in [1.54, 1.807) is 16.9 Å². The van der Waals surface area contributed by atoms with Crippen LogP contribution in [0.25, 0.3) is 5.69 Å². The predicted molar refractivity (Wildman–Crippen MR) is 61.0 cm³/mol. The Kier molecular flexibility index (Phi) is 3.01. The van der Waals surface area contributed by atoms with E-state index in [4.69, 9.17) is 5.73 Å². The lowest BCUT2D eigenvalue weighted by Crippen LogP contribution is -2.09. The summed E-state index contributed by atoms with van der Waals surface area (Å²) < 4.78 is 15.3. The maximum absolute atomic E-state index is 13.6. The largest absolute Gasteiger partial charge is 0.330 e. The van der Waals surface area contributed by atoms with E-state index < -0.39 is 0 Å². The summed E-state index contributed by atoms with van der Waals surface area (Å²) in [4.78, 5) is 0. The Morgan fingerprint density at radius 1 is 1.44 bits per heavy atom. The lowest BCUT2D eigenvalue weighted by Gasteiger charge is -2.09. The molecule has 0 atom stereocenters. The molecule has 0 aliphatic rings. The standard InChI is InChI=1S/C12H14FN3/c1-9-7-15-16(8-9)12-4-2-3-11(13)10(12)5-6-14/h2-4,7-8H,5-6,14H2,1H3. The highest BCUT2D eigenvalue weighted by molar-refractivity contribution is 5.41. The molecule has 0 unspecified atom stereocenters. The molecule has 84 valence electrons. The molecule has 0 fully saturated rings. The third-order valence-corrected chi connectivity index (χ3v) is 2.45. The van der Waals surface area contributed by atoms with Crippen LogP contribution in [0.4, 0.5) is 4.39 Å². The Morgan fingerprint density at radius 2 is 2.25 bits per heavy atom. The van der Waals surface area contributed by atoms with Crippen LogP contribution in [0.5, 0.6) is 0 Å². The van der Waals surface area contributed by atoms with Crippen molar-refractivity contribution in [2.45, 2.75) is 13.3 Å². The molecule has 0 aliphatic carbocycles. The van der Waals surface area contributed by atoms with Crippen LogP contribution < -0.4 is 5.73 Å². The van der Waals surface area contributed by atoms with Crippen molar-refractivity contribution in [1.29, 1.82) is 0 Å². The molecule has 0 aliphatic heterocycles. The van der Waals surface area contributed by atoms with Crippen LogP contribution in [0.1, 0.15) is 11.1 Å². The molecule has 4 heteroatoms. The molecule has 0 saturated carbocycles. The Hall–Kier alpha value is -1.68. The summed E-state index contributed by atoms with van der Waals surface area (Å²) in [6.45, 7) is 2.37. The van der Waals surface area contributed by atoms with Crippen LogP contribution in [0, 0.1) is 12.7 Å². The smallest absolute Gasteiger partial charge is 0.128 e.